The first-order chi connectivity index (χ1) is 16.2. The Kier molecular flexibility index (Phi) is 6.62. The molecule has 0 fully saturated rings. The van der Waals surface area contributed by atoms with Gasteiger partial charge in [0.25, 0.3) is 5.91 Å². The predicted octanol–water partition coefficient (Wildman–Crippen LogP) is 6.22. The molecule has 1 aromatic heterocycles. The molecular weight excluding hydrogens is 446 g/mol. The summed E-state index contributed by atoms with van der Waals surface area (Å²) in [5, 5.41) is 12.7. The third kappa shape index (κ3) is 4.64. The van der Waals surface area contributed by atoms with Crippen molar-refractivity contribution in [2.24, 2.45) is 0 Å². The van der Waals surface area contributed by atoms with Crippen LogP contribution in [0.2, 0.25) is 0 Å². The molecule has 0 aliphatic carbocycles. The van der Waals surface area contributed by atoms with Gasteiger partial charge in [0, 0.05) is 6.54 Å². The summed E-state index contributed by atoms with van der Waals surface area (Å²) in [5.41, 5.74) is 2.92. The molecule has 1 N–H and O–H groups in total. The van der Waals surface area contributed by atoms with Crippen LogP contribution in [0.5, 0.6) is 5.75 Å². The van der Waals surface area contributed by atoms with Crippen LogP contribution in [0.25, 0.3) is 0 Å². The first-order valence-electron chi connectivity index (χ1n) is 11.3. The Morgan fingerprint density at radius 1 is 1.06 bits per heavy atom. The molecule has 1 amide bonds. The van der Waals surface area contributed by atoms with Crippen LogP contribution >= 0.6 is 11.3 Å². The van der Waals surface area contributed by atoms with Crippen molar-refractivity contribution < 1.29 is 19.4 Å². The summed E-state index contributed by atoms with van der Waals surface area (Å²) >= 11 is 1.30. The van der Waals surface area contributed by atoms with Gasteiger partial charge in [0.05, 0.1) is 23.1 Å². The molecule has 3 aromatic rings. The molecular formula is C28H29NO4S. The molecule has 1 aliphatic heterocycles. The number of ether oxygens (including phenoxy) is 1. The van der Waals surface area contributed by atoms with E-state index in [0.29, 0.717) is 11.5 Å². The van der Waals surface area contributed by atoms with Crippen molar-refractivity contribution in [1.29, 1.82) is 0 Å². The van der Waals surface area contributed by atoms with Crippen molar-refractivity contribution >= 4 is 23.0 Å². The van der Waals surface area contributed by atoms with E-state index in [4.69, 9.17) is 4.74 Å². The summed E-state index contributed by atoms with van der Waals surface area (Å²) in [6.45, 7) is 9.15. The Balaban J connectivity index is 1.74. The van der Waals surface area contributed by atoms with Crippen molar-refractivity contribution in [2.45, 2.75) is 45.7 Å². The summed E-state index contributed by atoms with van der Waals surface area (Å²) in [4.78, 5) is 28.7. The van der Waals surface area contributed by atoms with E-state index in [-0.39, 0.29) is 23.3 Å². The lowest BCUT2D eigenvalue weighted by Crippen LogP contribution is -2.30. The van der Waals surface area contributed by atoms with Crippen LogP contribution in [0, 0.1) is 0 Å². The molecule has 5 nitrogen and oxygen atoms in total. The van der Waals surface area contributed by atoms with E-state index in [1.54, 1.807) is 17.0 Å². The van der Waals surface area contributed by atoms with Crippen molar-refractivity contribution in [3.05, 3.63) is 98.9 Å². The number of aliphatic hydroxyl groups is 1. The van der Waals surface area contributed by atoms with Crippen LogP contribution < -0.4 is 4.74 Å². The van der Waals surface area contributed by atoms with Gasteiger partial charge in [-0.2, -0.15) is 0 Å². The lowest BCUT2D eigenvalue weighted by Gasteiger charge is -2.28. The Morgan fingerprint density at radius 3 is 2.29 bits per heavy atom. The Morgan fingerprint density at radius 2 is 1.74 bits per heavy atom. The van der Waals surface area contributed by atoms with Gasteiger partial charge in [0.15, 0.2) is 5.76 Å². The van der Waals surface area contributed by atoms with E-state index in [0.717, 1.165) is 22.4 Å². The summed E-state index contributed by atoms with van der Waals surface area (Å²) in [6, 6.07) is 18.3. The number of nitrogens with zero attached hydrogens (tertiary/aromatic N) is 1. The lowest BCUT2D eigenvalue weighted by molar-refractivity contribution is -0.130. The van der Waals surface area contributed by atoms with Crippen LogP contribution in [0.1, 0.15) is 60.1 Å². The minimum absolute atomic E-state index is 0.0282. The standard InChI is InChI=1S/C28H29NO4S/c1-5-33-21-14-8-18(9-15-21)17-29-24(19-10-12-20(13-11-19)28(2,3)4)23(26(31)27(29)32)25(30)22-7-6-16-34-22/h6-16,24,31H,5,17H2,1-4H3. The van der Waals surface area contributed by atoms with Crippen LogP contribution in [0.3, 0.4) is 0 Å². The molecule has 1 unspecified atom stereocenters. The van der Waals surface area contributed by atoms with Crippen LogP contribution in [-0.2, 0) is 16.8 Å². The van der Waals surface area contributed by atoms with Gasteiger partial charge in [-0.05, 0) is 52.6 Å². The molecule has 1 aliphatic rings. The molecule has 0 spiro atoms. The summed E-state index contributed by atoms with van der Waals surface area (Å²) in [7, 11) is 0. The first-order valence-corrected chi connectivity index (χ1v) is 12.2. The van der Waals surface area contributed by atoms with Gasteiger partial charge in [-0.25, -0.2) is 0 Å². The molecule has 34 heavy (non-hydrogen) atoms. The van der Waals surface area contributed by atoms with Gasteiger partial charge in [0.1, 0.15) is 5.75 Å². The molecule has 0 radical (unpaired) electrons. The van der Waals surface area contributed by atoms with Gasteiger partial charge >= 0.3 is 0 Å². The van der Waals surface area contributed by atoms with E-state index in [1.807, 2.05) is 60.8 Å². The number of ketones is 1. The third-order valence-electron chi connectivity index (χ3n) is 5.97. The second-order valence-corrected chi connectivity index (χ2v) is 10.3. The van der Waals surface area contributed by atoms with E-state index in [2.05, 4.69) is 20.8 Å². The highest BCUT2D eigenvalue weighted by molar-refractivity contribution is 7.12. The fourth-order valence-electron chi connectivity index (χ4n) is 4.16. The zero-order valence-corrected chi connectivity index (χ0v) is 20.7. The predicted molar refractivity (Wildman–Crippen MR) is 134 cm³/mol. The number of Topliss-reactive ketones (excluding diaryl/α,β-unsaturated/α-hetero) is 1. The molecule has 0 bridgehead atoms. The third-order valence-corrected chi connectivity index (χ3v) is 6.84. The number of rotatable bonds is 7. The fourth-order valence-corrected chi connectivity index (χ4v) is 4.83. The normalized spacial score (nSPS) is 16.3. The fraction of sp³-hybridized carbons (Fsp3) is 0.286. The van der Waals surface area contributed by atoms with Crippen molar-refractivity contribution in [2.75, 3.05) is 6.61 Å². The molecule has 2 aromatic carbocycles. The maximum Gasteiger partial charge on any atom is 0.290 e. The zero-order valence-electron chi connectivity index (χ0n) is 19.9. The van der Waals surface area contributed by atoms with E-state index < -0.39 is 17.7 Å². The molecule has 0 saturated carbocycles. The molecule has 176 valence electrons. The number of aliphatic hydroxyl groups excluding tert-OH is 1. The zero-order chi connectivity index (χ0) is 24.5. The van der Waals surface area contributed by atoms with Crippen molar-refractivity contribution in [3.8, 4) is 5.75 Å². The SMILES string of the molecule is CCOc1ccc(CN2C(=O)C(O)=C(C(=O)c3cccs3)C2c2ccc(C(C)(C)C)cc2)cc1. The van der Waals surface area contributed by atoms with E-state index in [9.17, 15) is 14.7 Å². The average Bonchev–Trinajstić information content (AvgIpc) is 3.43. The van der Waals surface area contributed by atoms with E-state index >= 15 is 0 Å². The number of carbonyl (C=O) groups is 2. The van der Waals surface area contributed by atoms with Gasteiger partial charge in [-0.15, -0.1) is 11.3 Å². The average molecular weight is 476 g/mol. The smallest absolute Gasteiger partial charge is 0.290 e. The van der Waals surface area contributed by atoms with Crippen LogP contribution in [0.15, 0.2) is 77.4 Å². The number of amides is 1. The number of hydrogen-bond acceptors (Lipinski definition) is 5. The summed E-state index contributed by atoms with van der Waals surface area (Å²) in [5.74, 6) is -0.587. The van der Waals surface area contributed by atoms with Gasteiger partial charge < -0.3 is 14.7 Å². The molecule has 1 atom stereocenters. The van der Waals surface area contributed by atoms with Crippen LogP contribution in [0.4, 0.5) is 0 Å². The minimum Gasteiger partial charge on any atom is -0.503 e. The quantitative estimate of drug-likeness (QED) is 0.412. The van der Waals surface area contributed by atoms with Gasteiger partial charge in [-0.1, -0.05) is 63.2 Å². The molecule has 2 heterocycles. The summed E-state index contributed by atoms with van der Waals surface area (Å²) in [6.07, 6.45) is 0. The van der Waals surface area contributed by atoms with Gasteiger partial charge in [-0.3, -0.25) is 9.59 Å². The highest BCUT2D eigenvalue weighted by Crippen LogP contribution is 2.41. The Bertz CT molecular complexity index is 1200. The Hall–Kier alpha value is -3.38. The molecule has 0 saturated heterocycles. The second kappa shape index (κ2) is 9.47. The van der Waals surface area contributed by atoms with Crippen molar-refractivity contribution in [1.82, 2.24) is 4.90 Å². The number of thiophene rings is 1. The van der Waals surface area contributed by atoms with Crippen LogP contribution in [-0.4, -0.2) is 28.3 Å². The largest absolute Gasteiger partial charge is 0.503 e. The summed E-state index contributed by atoms with van der Waals surface area (Å²) < 4.78 is 5.52. The van der Waals surface area contributed by atoms with Gasteiger partial charge in [0.2, 0.25) is 5.78 Å². The van der Waals surface area contributed by atoms with E-state index in [1.165, 1.54) is 11.3 Å². The Labute approximate surface area is 204 Å². The topological polar surface area (TPSA) is 66.8 Å². The highest BCUT2D eigenvalue weighted by Gasteiger charge is 2.44. The maximum atomic E-state index is 13.4. The number of benzene rings is 2. The van der Waals surface area contributed by atoms with Crippen molar-refractivity contribution in [3.63, 3.8) is 0 Å². The number of carbonyl (C=O) groups excluding carboxylic acids is 2. The molecule has 4 rings (SSSR count). The highest BCUT2D eigenvalue weighted by atomic mass is 32.1. The monoisotopic (exact) mass is 475 g/mol. The second-order valence-electron chi connectivity index (χ2n) is 9.35. The minimum atomic E-state index is -0.678. The maximum absolute atomic E-state index is 13.4. The molecule has 6 heteroatoms. The first kappa shape index (κ1) is 23.8. The lowest BCUT2D eigenvalue weighted by atomic mass is 9.85. The number of hydrogen-bond donors (Lipinski definition) is 1.